The van der Waals surface area contributed by atoms with Gasteiger partial charge in [-0.2, -0.15) is 0 Å². The fraction of sp³-hybridized carbons (Fsp3) is 0.400. The average Bonchev–Trinajstić information content (AvgIpc) is 2.38. The summed E-state index contributed by atoms with van der Waals surface area (Å²) in [6.45, 7) is 12.9. The lowest BCUT2D eigenvalue weighted by Crippen LogP contribution is -1.98. The molecule has 0 unspecified atom stereocenters. The zero-order chi connectivity index (χ0) is 16.9. The van der Waals surface area contributed by atoms with Crippen molar-refractivity contribution in [2.45, 2.75) is 52.2 Å². The molecule has 2 aromatic carbocycles. The van der Waals surface area contributed by atoms with Gasteiger partial charge < -0.3 is 0 Å². The molecule has 0 atom stereocenters. The molecule has 0 heterocycles. The van der Waals surface area contributed by atoms with Crippen molar-refractivity contribution in [2.75, 3.05) is 0 Å². The van der Waals surface area contributed by atoms with Gasteiger partial charge >= 0.3 is 0 Å². The highest BCUT2D eigenvalue weighted by atomic mass is 79.9. The Hall–Kier alpha value is -0.600. The summed E-state index contributed by atoms with van der Waals surface area (Å²) in [6, 6.07) is 8.83. The fourth-order valence-electron chi connectivity index (χ4n) is 2.89. The Kier molecular flexibility index (Phi) is 7.85. The molecule has 0 nitrogen and oxygen atoms in total. The number of benzene rings is 2. The molecular formula is C20H26Br2. The molecule has 0 spiro atoms. The maximum absolute atomic E-state index is 3.53. The van der Waals surface area contributed by atoms with Crippen molar-refractivity contribution < 1.29 is 0 Å². The van der Waals surface area contributed by atoms with Gasteiger partial charge in [0.05, 0.1) is 0 Å². The van der Waals surface area contributed by atoms with Crippen molar-refractivity contribution in [3.8, 4) is 0 Å². The highest BCUT2D eigenvalue weighted by Crippen LogP contribution is 2.25. The van der Waals surface area contributed by atoms with E-state index < -0.39 is 0 Å². The first-order chi connectivity index (χ1) is 10.3. The van der Waals surface area contributed by atoms with Crippen LogP contribution in [0.25, 0.3) is 0 Å². The second-order valence-corrected chi connectivity index (χ2v) is 7.15. The number of alkyl halides is 2. The molecule has 2 aromatic rings. The number of hydrogen-bond acceptors (Lipinski definition) is 0. The van der Waals surface area contributed by atoms with Crippen LogP contribution in [0.2, 0.25) is 0 Å². The van der Waals surface area contributed by atoms with Gasteiger partial charge in [-0.3, -0.25) is 0 Å². The standard InChI is InChI=1S/C11H14Br2.C9H12/c1-7-4-8(2)11(6-13)9(3)10(7)5-12;1-7-4-8(2)6-9(3)5-7/h4H,5-6H2,1-3H3;4-6H,1-3H3. The summed E-state index contributed by atoms with van der Waals surface area (Å²) in [7, 11) is 0. The smallest absolute Gasteiger partial charge is 0.0288 e. The quantitative estimate of drug-likeness (QED) is 0.453. The summed E-state index contributed by atoms with van der Waals surface area (Å²) in [6.07, 6.45) is 0. The van der Waals surface area contributed by atoms with Crippen LogP contribution in [0.3, 0.4) is 0 Å². The number of hydrogen-bond donors (Lipinski definition) is 0. The van der Waals surface area contributed by atoms with E-state index in [1.54, 1.807) is 0 Å². The van der Waals surface area contributed by atoms with Crippen LogP contribution in [0.4, 0.5) is 0 Å². The Morgan fingerprint density at radius 2 is 0.909 bits per heavy atom. The van der Waals surface area contributed by atoms with Crippen molar-refractivity contribution in [3.63, 3.8) is 0 Å². The third kappa shape index (κ3) is 5.24. The van der Waals surface area contributed by atoms with Gasteiger partial charge in [-0.25, -0.2) is 0 Å². The van der Waals surface area contributed by atoms with Gasteiger partial charge in [-0.1, -0.05) is 72.8 Å². The van der Waals surface area contributed by atoms with Crippen molar-refractivity contribution >= 4 is 31.9 Å². The lowest BCUT2D eigenvalue weighted by molar-refractivity contribution is 1.16. The maximum Gasteiger partial charge on any atom is 0.0288 e. The molecule has 2 heteroatoms. The summed E-state index contributed by atoms with van der Waals surface area (Å²) >= 11 is 7.06. The van der Waals surface area contributed by atoms with E-state index in [0.717, 1.165) is 10.7 Å². The maximum atomic E-state index is 3.53. The molecule has 0 aliphatic carbocycles. The highest BCUT2D eigenvalue weighted by Gasteiger charge is 2.08. The summed E-state index contributed by atoms with van der Waals surface area (Å²) in [5, 5.41) is 1.90. The molecule has 0 N–H and O–H groups in total. The molecular weight excluding hydrogens is 400 g/mol. The van der Waals surface area contributed by atoms with Crippen LogP contribution >= 0.6 is 31.9 Å². The van der Waals surface area contributed by atoms with Crippen LogP contribution in [0.5, 0.6) is 0 Å². The van der Waals surface area contributed by atoms with Crippen molar-refractivity contribution in [1.29, 1.82) is 0 Å². The molecule has 0 aliphatic heterocycles. The summed E-state index contributed by atoms with van der Waals surface area (Å²) in [5.41, 5.74) is 11.1. The predicted molar refractivity (Wildman–Crippen MR) is 107 cm³/mol. The van der Waals surface area contributed by atoms with Gasteiger partial charge in [0, 0.05) is 10.7 Å². The number of rotatable bonds is 2. The minimum atomic E-state index is 0.949. The van der Waals surface area contributed by atoms with E-state index >= 15 is 0 Å². The molecule has 120 valence electrons. The summed E-state index contributed by atoms with van der Waals surface area (Å²) in [5.74, 6) is 0. The van der Waals surface area contributed by atoms with Crippen LogP contribution in [0.1, 0.15) is 44.5 Å². The lowest BCUT2D eigenvalue weighted by atomic mass is 9.95. The van der Waals surface area contributed by atoms with Crippen LogP contribution in [0, 0.1) is 41.5 Å². The number of aryl methyl sites for hydroxylation is 5. The predicted octanol–water partition coefficient (Wildman–Crippen LogP) is 7.01. The third-order valence-electron chi connectivity index (χ3n) is 3.92. The topological polar surface area (TPSA) is 0 Å². The summed E-state index contributed by atoms with van der Waals surface area (Å²) < 4.78 is 0. The normalized spacial score (nSPS) is 10.2. The average molecular weight is 426 g/mol. The van der Waals surface area contributed by atoms with E-state index in [9.17, 15) is 0 Å². The van der Waals surface area contributed by atoms with Gasteiger partial charge in [-0.15, -0.1) is 0 Å². The molecule has 0 bridgehead atoms. The minimum absolute atomic E-state index is 0.949. The minimum Gasteiger partial charge on any atom is -0.0876 e. The van der Waals surface area contributed by atoms with Crippen LogP contribution in [-0.2, 0) is 10.7 Å². The van der Waals surface area contributed by atoms with Crippen molar-refractivity contribution in [2.24, 2.45) is 0 Å². The molecule has 0 saturated carbocycles. The molecule has 0 aliphatic rings. The zero-order valence-corrected chi connectivity index (χ0v) is 17.7. The van der Waals surface area contributed by atoms with Crippen LogP contribution < -0.4 is 0 Å². The highest BCUT2D eigenvalue weighted by molar-refractivity contribution is 9.08. The Morgan fingerprint density at radius 1 is 0.591 bits per heavy atom. The van der Waals surface area contributed by atoms with Gasteiger partial charge in [-0.05, 0) is 69.4 Å². The fourth-order valence-corrected chi connectivity index (χ4v) is 4.61. The molecule has 0 amide bonds. The first-order valence-electron chi connectivity index (χ1n) is 7.55. The van der Waals surface area contributed by atoms with E-state index in [1.807, 2.05) is 0 Å². The first kappa shape index (κ1) is 19.4. The Morgan fingerprint density at radius 3 is 1.18 bits per heavy atom. The Bertz CT molecular complexity index is 564. The summed E-state index contributed by atoms with van der Waals surface area (Å²) in [4.78, 5) is 0. The second kappa shape index (κ2) is 8.88. The van der Waals surface area contributed by atoms with E-state index in [1.165, 1.54) is 44.5 Å². The lowest BCUT2D eigenvalue weighted by Gasteiger charge is -2.14. The Labute approximate surface area is 152 Å². The van der Waals surface area contributed by atoms with E-state index in [-0.39, 0.29) is 0 Å². The van der Waals surface area contributed by atoms with Crippen LogP contribution in [0.15, 0.2) is 24.3 Å². The van der Waals surface area contributed by atoms with E-state index in [0.29, 0.717) is 0 Å². The van der Waals surface area contributed by atoms with Crippen molar-refractivity contribution in [1.82, 2.24) is 0 Å². The number of halogens is 2. The molecule has 0 saturated heterocycles. The molecule has 2 rings (SSSR count). The SMILES string of the molecule is Cc1cc(C)c(CBr)c(C)c1CBr.Cc1cc(C)cc(C)c1. The monoisotopic (exact) mass is 424 g/mol. The van der Waals surface area contributed by atoms with Crippen LogP contribution in [-0.4, -0.2) is 0 Å². The van der Waals surface area contributed by atoms with Gasteiger partial charge in [0.25, 0.3) is 0 Å². The molecule has 0 aromatic heterocycles. The van der Waals surface area contributed by atoms with Gasteiger partial charge in [0.1, 0.15) is 0 Å². The second-order valence-electron chi connectivity index (χ2n) is 6.02. The molecule has 0 radical (unpaired) electrons. The van der Waals surface area contributed by atoms with E-state index in [4.69, 9.17) is 0 Å². The Balaban J connectivity index is 0.000000235. The molecule has 0 fully saturated rings. The zero-order valence-electron chi connectivity index (χ0n) is 14.5. The third-order valence-corrected chi connectivity index (χ3v) is 5.05. The van der Waals surface area contributed by atoms with Gasteiger partial charge in [0.2, 0.25) is 0 Å². The van der Waals surface area contributed by atoms with Crippen molar-refractivity contribution in [3.05, 3.63) is 68.8 Å². The molecule has 22 heavy (non-hydrogen) atoms. The largest absolute Gasteiger partial charge is 0.0876 e. The first-order valence-corrected chi connectivity index (χ1v) is 9.79. The van der Waals surface area contributed by atoms with Gasteiger partial charge in [0.15, 0.2) is 0 Å². The van der Waals surface area contributed by atoms with E-state index in [2.05, 4.69) is 97.7 Å².